The van der Waals surface area contributed by atoms with Crippen molar-refractivity contribution in [1.82, 2.24) is 0 Å². The fraction of sp³-hybridized carbons (Fsp3) is 1.00. The Morgan fingerprint density at radius 3 is 1.80 bits per heavy atom. The van der Waals surface area contributed by atoms with Gasteiger partial charge in [0.1, 0.15) is 0 Å². The van der Waals surface area contributed by atoms with Crippen molar-refractivity contribution in [3.63, 3.8) is 0 Å². The number of rotatable bonds is 7. The minimum absolute atomic E-state index is 0.544. The quantitative estimate of drug-likeness (QED) is 0.521. The van der Waals surface area contributed by atoms with Crippen molar-refractivity contribution in [1.29, 1.82) is 0 Å². The molecule has 0 N–H and O–H groups in total. The summed E-state index contributed by atoms with van der Waals surface area (Å²) in [6.07, 6.45) is 5.49. The zero-order valence-corrected chi connectivity index (χ0v) is 12.1. The first-order valence-electron chi connectivity index (χ1n) is 6.81. The maximum Gasteiger partial charge on any atom is -0.0298 e. The van der Waals surface area contributed by atoms with Gasteiger partial charge < -0.3 is 0 Å². The highest BCUT2D eigenvalue weighted by Gasteiger charge is 2.30. The summed E-state index contributed by atoms with van der Waals surface area (Å²) in [6, 6.07) is 0. The minimum atomic E-state index is 0.544. The van der Waals surface area contributed by atoms with Gasteiger partial charge in [-0.15, -0.1) is 0 Å². The molecule has 15 heavy (non-hydrogen) atoms. The highest BCUT2D eigenvalue weighted by Crippen LogP contribution is 2.40. The second kappa shape index (κ2) is 6.55. The van der Waals surface area contributed by atoms with Gasteiger partial charge in [-0.25, -0.2) is 0 Å². The van der Waals surface area contributed by atoms with Crippen molar-refractivity contribution in [2.45, 2.75) is 74.1 Å². The van der Waals surface area contributed by atoms with E-state index in [4.69, 9.17) is 0 Å². The zero-order valence-electron chi connectivity index (χ0n) is 12.1. The van der Waals surface area contributed by atoms with Crippen molar-refractivity contribution >= 4 is 0 Å². The van der Waals surface area contributed by atoms with Crippen LogP contribution in [-0.2, 0) is 0 Å². The summed E-state index contributed by atoms with van der Waals surface area (Å²) in [7, 11) is 0. The molecule has 0 spiro atoms. The third-order valence-electron chi connectivity index (χ3n) is 3.86. The Morgan fingerprint density at radius 2 is 1.47 bits per heavy atom. The highest BCUT2D eigenvalue weighted by molar-refractivity contribution is 4.80. The Bertz CT molecular complexity index is 157. The molecule has 2 atom stereocenters. The van der Waals surface area contributed by atoms with Gasteiger partial charge >= 0.3 is 0 Å². The van der Waals surface area contributed by atoms with E-state index in [1.165, 1.54) is 25.7 Å². The Balaban J connectivity index is 4.37. The van der Waals surface area contributed by atoms with Crippen molar-refractivity contribution < 1.29 is 0 Å². The summed E-state index contributed by atoms with van der Waals surface area (Å²) in [5.74, 6) is 2.52. The van der Waals surface area contributed by atoms with Crippen molar-refractivity contribution in [3.8, 4) is 0 Å². The van der Waals surface area contributed by atoms with Gasteiger partial charge in [-0.3, -0.25) is 0 Å². The Hall–Kier alpha value is 0. The molecule has 0 saturated heterocycles. The molecule has 92 valence electrons. The van der Waals surface area contributed by atoms with Gasteiger partial charge in [-0.2, -0.15) is 0 Å². The fourth-order valence-corrected chi connectivity index (χ4v) is 2.88. The normalized spacial score (nSPS) is 18.2. The van der Waals surface area contributed by atoms with E-state index in [-0.39, 0.29) is 0 Å². The van der Waals surface area contributed by atoms with Crippen molar-refractivity contribution in [3.05, 3.63) is 0 Å². The fourth-order valence-electron chi connectivity index (χ4n) is 2.88. The van der Waals surface area contributed by atoms with Crippen LogP contribution in [0.3, 0.4) is 0 Å². The lowest BCUT2D eigenvalue weighted by Gasteiger charge is -2.38. The molecule has 0 aromatic rings. The molecule has 0 nitrogen and oxygen atoms in total. The summed E-state index contributed by atoms with van der Waals surface area (Å²) in [4.78, 5) is 0. The van der Waals surface area contributed by atoms with Crippen LogP contribution in [0, 0.1) is 23.2 Å². The highest BCUT2D eigenvalue weighted by atomic mass is 14.4. The molecule has 2 unspecified atom stereocenters. The molecule has 0 rings (SSSR count). The van der Waals surface area contributed by atoms with Crippen LogP contribution in [0.2, 0.25) is 0 Å². The molecule has 0 radical (unpaired) electrons. The molecule has 0 aromatic heterocycles. The van der Waals surface area contributed by atoms with Gasteiger partial charge in [0.2, 0.25) is 0 Å². The second-order valence-corrected chi connectivity index (χ2v) is 6.50. The average molecular weight is 212 g/mol. The SMILES string of the molecule is CCCC(C)CC(C)(CC(C)C)C(C)C. The monoisotopic (exact) mass is 212 g/mol. The summed E-state index contributed by atoms with van der Waals surface area (Å²) in [6.45, 7) is 16.7. The minimum Gasteiger partial charge on any atom is -0.0654 e. The van der Waals surface area contributed by atoms with Gasteiger partial charge in [0.05, 0.1) is 0 Å². The molecule has 0 amide bonds. The molecule has 0 heteroatoms. The first kappa shape index (κ1) is 15.0. The first-order chi connectivity index (χ1) is 6.81. The summed E-state index contributed by atoms with van der Waals surface area (Å²) in [5.41, 5.74) is 0.544. The third-order valence-corrected chi connectivity index (χ3v) is 3.86. The number of hydrogen-bond donors (Lipinski definition) is 0. The van der Waals surface area contributed by atoms with Crippen LogP contribution < -0.4 is 0 Å². The smallest absolute Gasteiger partial charge is 0.0298 e. The molecular weight excluding hydrogens is 180 g/mol. The summed E-state index contributed by atoms with van der Waals surface area (Å²) < 4.78 is 0. The molecule has 0 aliphatic carbocycles. The van der Waals surface area contributed by atoms with Crippen LogP contribution in [0.15, 0.2) is 0 Å². The Morgan fingerprint density at radius 1 is 0.933 bits per heavy atom. The van der Waals surface area contributed by atoms with E-state index in [1.807, 2.05) is 0 Å². The average Bonchev–Trinajstić information content (AvgIpc) is 2.01. The topological polar surface area (TPSA) is 0 Å². The van der Waals surface area contributed by atoms with Crippen molar-refractivity contribution in [2.75, 3.05) is 0 Å². The van der Waals surface area contributed by atoms with Gasteiger partial charge in [0, 0.05) is 0 Å². The largest absolute Gasteiger partial charge is 0.0654 e. The van der Waals surface area contributed by atoms with Gasteiger partial charge in [-0.05, 0) is 36.0 Å². The first-order valence-corrected chi connectivity index (χ1v) is 6.81. The van der Waals surface area contributed by atoms with E-state index in [1.54, 1.807) is 0 Å². The van der Waals surface area contributed by atoms with E-state index in [0.717, 1.165) is 17.8 Å². The van der Waals surface area contributed by atoms with E-state index in [0.29, 0.717) is 5.41 Å². The summed E-state index contributed by atoms with van der Waals surface area (Å²) >= 11 is 0. The number of hydrogen-bond acceptors (Lipinski definition) is 0. The maximum absolute atomic E-state index is 2.49. The van der Waals surface area contributed by atoms with Crippen LogP contribution in [0.5, 0.6) is 0 Å². The predicted molar refractivity (Wildman–Crippen MR) is 71.1 cm³/mol. The van der Waals surface area contributed by atoms with E-state index in [9.17, 15) is 0 Å². The molecule has 0 aliphatic heterocycles. The molecule has 0 fully saturated rings. The second-order valence-electron chi connectivity index (χ2n) is 6.50. The van der Waals surface area contributed by atoms with Crippen LogP contribution >= 0.6 is 0 Å². The van der Waals surface area contributed by atoms with Crippen LogP contribution in [0.25, 0.3) is 0 Å². The van der Waals surface area contributed by atoms with E-state index < -0.39 is 0 Å². The van der Waals surface area contributed by atoms with E-state index in [2.05, 4.69) is 48.5 Å². The van der Waals surface area contributed by atoms with Crippen LogP contribution in [0.4, 0.5) is 0 Å². The molecule has 0 heterocycles. The van der Waals surface area contributed by atoms with Gasteiger partial charge in [0.15, 0.2) is 0 Å². The zero-order chi connectivity index (χ0) is 12.1. The summed E-state index contributed by atoms with van der Waals surface area (Å²) in [5, 5.41) is 0. The molecular formula is C15H32. The lowest BCUT2D eigenvalue weighted by atomic mass is 9.68. The Labute approximate surface area is 97.8 Å². The molecule has 0 aliphatic rings. The van der Waals surface area contributed by atoms with Crippen LogP contribution in [-0.4, -0.2) is 0 Å². The lowest BCUT2D eigenvalue weighted by molar-refractivity contribution is 0.128. The third kappa shape index (κ3) is 5.58. The van der Waals surface area contributed by atoms with Crippen LogP contribution in [0.1, 0.15) is 74.1 Å². The predicted octanol–water partition coefficient (Wildman–Crippen LogP) is 5.52. The van der Waals surface area contributed by atoms with Gasteiger partial charge in [0.25, 0.3) is 0 Å². The molecule has 0 bridgehead atoms. The maximum atomic E-state index is 2.49. The van der Waals surface area contributed by atoms with Gasteiger partial charge in [-0.1, -0.05) is 61.3 Å². The van der Waals surface area contributed by atoms with Crippen molar-refractivity contribution in [2.24, 2.45) is 23.2 Å². The molecule has 0 saturated carbocycles. The Kier molecular flexibility index (Phi) is 6.55. The van der Waals surface area contributed by atoms with E-state index >= 15 is 0 Å². The lowest BCUT2D eigenvalue weighted by Crippen LogP contribution is -2.28. The standard InChI is InChI=1S/C15H32/c1-8-9-14(6)11-15(7,13(4)5)10-12(2)3/h12-14H,8-11H2,1-7H3. The molecule has 0 aromatic carbocycles.